The smallest absolute Gasteiger partial charge is 0.432 e. The summed E-state index contributed by atoms with van der Waals surface area (Å²) in [5, 5.41) is 11.2. The number of nitro groups is 1. The Bertz CT molecular complexity index is 744. The van der Waals surface area contributed by atoms with Gasteiger partial charge < -0.3 is 14.5 Å². The predicted octanol–water partition coefficient (Wildman–Crippen LogP) is 3.81. The summed E-state index contributed by atoms with van der Waals surface area (Å²) >= 11 is 0. The summed E-state index contributed by atoms with van der Waals surface area (Å²) in [6.07, 6.45) is -3.94. The fraction of sp³-hybridized carbons (Fsp3) is 0.400. The molecule has 1 heterocycles. The number of hydrogen-bond acceptors (Lipinski definition) is 5. The number of imidazole rings is 1. The Morgan fingerprint density at radius 3 is 2.60 bits per heavy atom. The maximum absolute atomic E-state index is 12.6. The van der Waals surface area contributed by atoms with Crippen LogP contribution in [0, 0.1) is 10.1 Å². The average Bonchev–Trinajstić information content (AvgIpc) is 3.01. The lowest BCUT2D eigenvalue weighted by molar-refractivity contribution is -0.385. The van der Waals surface area contributed by atoms with Crippen LogP contribution in [0.3, 0.4) is 0 Å². The second kappa shape index (κ2) is 7.51. The van der Waals surface area contributed by atoms with Crippen LogP contribution in [-0.2, 0) is 10.9 Å². The van der Waals surface area contributed by atoms with Crippen LogP contribution in [0.1, 0.15) is 19.5 Å². The molecule has 7 nitrogen and oxygen atoms in total. The molecule has 0 bridgehead atoms. The van der Waals surface area contributed by atoms with Crippen LogP contribution in [0.15, 0.2) is 24.4 Å². The molecule has 0 aliphatic heterocycles. The van der Waals surface area contributed by atoms with E-state index >= 15 is 0 Å². The van der Waals surface area contributed by atoms with E-state index in [1.165, 1.54) is 12.1 Å². The van der Waals surface area contributed by atoms with Crippen molar-refractivity contribution < 1.29 is 27.6 Å². The summed E-state index contributed by atoms with van der Waals surface area (Å²) in [6, 6.07) is 3.82. The highest BCUT2D eigenvalue weighted by molar-refractivity contribution is 5.63. The minimum Gasteiger partial charge on any atom is -0.484 e. The molecule has 0 aliphatic rings. The van der Waals surface area contributed by atoms with Gasteiger partial charge in [-0.05, 0) is 26.0 Å². The third kappa shape index (κ3) is 4.92. The summed E-state index contributed by atoms with van der Waals surface area (Å²) in [4.78, 5) is 16.2. The van der Waals surface area contributed by atoms with E-state index in [0.717, 1.165) is 6.07 Å². The van der Waals surface area contributed by atoms with Crippen LogP contribution in [0.25, 0.3) is 11.4 Å². The molecule has 136 valence electrons. The number of H-pyrrole nitrogens is 1. The maximum Gasteiger partial charge on any atom is 0.432 e. The lowest BCUT2D eigenvalue weighted by atomic mass is 10.2. The first-order valence-electron chi connectivity index (χ1n) is 7.34. The van der Waals surface area contributed by atoms with E-state index in [1.807, 2.05) is 13.8 Å². The molecule has 1 N–H and O–H groups in total. The number of nitrogens with zero attached hydrogens (tertiary/aromatic N) is 2. The molecule has 0 unspecified atom stereocenters. The monoisotopic (exact) mass is 359 g/mol. The molecule has 2 aromatic rings. The number of rotatable bonds is 7. The van der Waals surface area contributed by atoms with Gasteiger partial charge in [-0.2, -0.15) is 13.2 Å². The third-order valence-corrected chi connectivity index (χ3v) is 3.10. The molecule has 2 rings (SSSR count). The van der Waals surface area contributed by atoms with Crippen LogP contribution in [0.4, 0.5) is 18.9 Å². The van der Waals surface area contributed by atoms with E-state index in [0.29, 0.717) is 6.20 Å². The topological polar surface area (TPSA) is 90.3 Å². The van der Waals surface area contributed by atoms with Crippen molar-refractivity contribution in [3.63, 3.8) is 0 Å². The van der Waals surface area contributed by atoms with Crippen LogP contribution in [0.2, 0.25) is 0 Å². The van der Waals surface area contributed by atoms with E-state index in [2.05, 4.69) is 9.97 Å². The molecular formula is C15H16F3N3O4. The second-order valence-corrected chi connectivity index (χ2v) is 5.35. The van der Waals surface area contributed by atoms with Crippen molar-refractivity contribution in [3.05, 3.63) is 40.2 Å². The molecule has 0 amide bonds. The number of halogens is 3. The van der Waals surface area contributed by atoms with Crippen LogP contribution < -0.4 is 4.74 Å². The minimum absolute atomic E-state index is 0.00254. The van der Waals surface area contributed by atoms with Gasteiger partial charge in [0.05, 0.1) is 23.8 Å². The van der Waals surface area contributed by atoms with Gasteiger partial charge in [-0.1, -0.05) is 0 Å². The Kier molecular flexibility index (Phi) is 5.62. The molecule has 0 saturated carbocycles. The molecular weight excluding hydrogens is 343 g/mol. The first-order valence-corrected chi connectivity index (χ1v) is 7.34. The molecule has 25 heavy (non-hydrogen) atoms. The number of aromatic amines is 1. The van der Waals surface area contributed by atoms with Crippen LogP contribution in [-0.4, -0.2) is 34.2 Å². The van der Waals surface area contributed by atoms with Gasteiger partial charge in [-0.3, -0.25) is 10.1 Å². The van der Waals surface area contributed by atoms with E-state index in [9.17, 15) is 23.3 Å². The highest BCUT2D eigenvalue weighted by atomic mass is 19.4. The van der Waals surface area contributed by atoms with Gasteiger partial charge in [0.25, 0.3) is 0 Å². The Hall–Kier alpha value is -2.62. The SMILES string of the molecule is CC(C)OCCOc1ccc(-c2ncc(C(F)(F)F)[nH]2)cc1[N+](=O)[O-]. The highest BCUT2D eigenvalue weighted by Crippen LogP contribution is 2.33. The normalized spacial score (nSPS) is 11.8. The number of nitrogens with one attached hydrogen (secondary N) is 1. The van der Waals surface area contributed by atoms with E-state index < -0.39 is 16.8 Å². The number of ether oxygens (including phenoxy) is 2. The van der Waals surface area contributed by atoms with E-state index in [-0.39, 0.29) is 42.1 Å². The van der Waals surface area contributed by atoms with Crippen molar-refractivity contribution in [3.8, 4) is 17.1 Å². The summed E-state index contributed by atoms with van der Waals surface area (Å²) in [5.41, 5.74) is -1.25. The Morgan fingerprint density at radius 2 is 2.04 bits per heavy atom. The summed E-state index contributed by atoms with van der Waals surface area (Å²) in [5.74, 6) is -0.117. The summed E-state index contributed by atoms with van der Waals surface area (Å²) in [7, 11) is 0. The van der Waals surface area contributed by atoms with Crippen molar-refractivity contribution in [2.24, 2.45) is 0 Å². The standard InChI is InChI=1S/C15H16F3N3O4/c1-9(2)24-5-6-25-12-4-3-10(7-11(12)21(22)23)14-19-8-13(20-14)15(16,17)18/h3-4,7-9H,5-6H2,1-2H3,(H,19,20). The largest absolute Gasteiger partial charge is 0.484 e. The fourth-order valence-corrected chi connectivity index (χ4v) is 1.98. The average molecular weight is 359 g/mol. The quantitative estimate of drug-likeness (QED) is 0.461. The molecule has 0 saturated heterocycles. The van der Waals surface area contributed by atoms with Gasteiger partial charge in [0.1, 0.15) is 18.1 Å². The van der Waals surface area contributed by atoms with Crippen molar-refractivity contribution in [1.82, 2.24) is 9.97 Å². The zero-order valence-corrected chi connectivity index (χ0v) is 13.5. The molecule has 0 atom stereocenters. The van der Waals surface area contributed by atoms with Gasteiger partial charge in [0.15, 0.2) is 5.75 Å². The van der Waals surface area contributed by atoms with Crippen molar-refractivity contribution in [2.75, 3.05) is 13.2 Å². The van der Waals surface area contributed by atoms with Gasteiger partial charge in [-0.15, -0.1) is 0 Å². The van der Waals surface area contributed by atoms with E-state index in [4.69, 9.17) is 9.47 Å². The Morgan fingerprint density at radius 1 is 1.32 bits per heavy atom. The van der Waals surface area contributed by atoms with Crippen molar-refractivity contribution in [2.45, 2.75) is 26.1 Å². The van der Waals surface area contributed by atoms with Crippen molar-refractivity contribution in [1.29, 1.82) is 0 Å². The zero-order chi connectivity index (χ0) is 18.6. The molecule has 0 spiro atoms. The molecule has 1 aromatic carbocycles. The predicted molar refractivity (Wildman–Crippen MR) is 82.3 cm³/mol. The molecule has 10 heteroatoms. The van der Waals surface area contributed by atoms with Crippen molar-refractivity contribution >= 4 is 5.69 Å². The first kappa shape index (κ1) is 18.7. The zero-order valence-electron chi connectivity index (χ0n) is 13.5. The minimum atomic E-state index is -4.57. The van der Waals surface area contributed by atoms with Crippen LogP contribution >= 0.6 is 0 Å². The molecule has 0 fully saturated rings. The Labute approximate surface area is 140 Å². The number of nitro benzene ring substituents is 1. The number of aromatic nitrogens is 2. The lowest BCUT2D eigenvalue weighted by Crippen LogP contribution is -2.11. The molecule has 0 radical (unpaired) electrons. The molecule has 0 aliphatic carbocycles. The summed E-state index contributed by atoms with van der Waals surface area (Å²) < 4.78 is 48.4. The summed E-state index contributed by atoms with van der Waals surface area (Å²) in [6.45, 7) is 4.05. The van der Waals surface area contributed by atoms with Gasteiger partial charge in [-0.25, -0.2) is 4.98 Å². The third-order valence-electron chi connectivity index (χ3n) is 3.10. The highest BCUT2D eigenvalue weighted by Gasteiger charge is 2.33. The van der Waals surface area contributed by atoms with Gasteiger partial charge in [0.2, 0.25) is 0 Å². The Balaban J connectivity index is 2.20. The number of alkyl halides is 3. The maximum atomic E-state index is 12.6. The van der Waals surface area contributed by atoms with Gasteiger partial charge in [0, 0.05) is 11.6 Å². The first-order chi connectivity index (χ1) is 11.7. The lowest BCUT2D eigenvalue weighted by Gasteiger charge is -2.10. The van der Waals surface area contributed by atoms with E-state index in [1.54, 1.807) is 0 Å². The number of benzene rings is 1. The fourth-order valence-electron chi connectivity index (χ4n) is 1.98. The second-order valence-electron chi connectivity index (χ2n) is 5.35. The number of hydrogen-bond donors (Lipinski definition) is 1. The molecule has 1 aromatic heterocycles. The van der Waals surface area contributed by atoms with Crippen LogP contribution in [0.5, 0.6) is 5.75 Å². The van der Waals surface area contributed by atoms with Gasteiger partial charge >= 0.3 is 11.9 Å².